The molecular formula is C18H21N3O3. The minimum absolute atomic E-state index is 0.165. The Hall–Kier alpha value is -2.50. The topological polar surface area (TPSA) is 72.4 Å². The summed E-state index contributed by atoms with van der Waals surface area (Å²) in [6.07, 6.45) is 8.68. The average Bonchev–Trinajstić information content (AvgIpc) is 2.65. The van der Waals surface area contributed by atoms with Crippen molar-refractivity contribution >= 4 is 22.9 Å². The molecule has 0 N–H and O–H groups in total. The van der Waals surface area contributed by atoms with Crippen LogP contribution in [0.3, 0.4) is 0 Å². The van der Waals surface area contributed by atoms with E-state index in [4.69, 9.17) is 4.74 Å². The minimum Gasteiger partial charge on any atom is -0.452 e. The largest absolute Gasteiger partial charge is 0.452 e. The molecule has 3 rings (SSSR count). The van der Waals surface area contributed by atoms with Crippen molar-refractivity contribution in [3.05, 3.63) is 36.2 Å². The third-order valence-corrected chi connectivity index (χ3v) is 4.56. The Kier molecular flexibility index (Phi) is 5.03. The van der Waals surface area contributed by atoms with Crippen LogP contribution in [0.2, 0.25) is 0 Å². The van der Waals surface area contributed by atoms with Crippen LogP contribution in [0.1, 0.15) is 42.5 Å². The number of para-hydroxylation sites is 1. The first-order chi connectivity index (χ1) is 11.7. The minimum atomic E-state index is -0.550. The molecule has 1 fully saturated rings. The molecule has 2 aromatic rings. The van der Waals surface area contributed by atoms with Gasteiger partial charge in [-0.25, -0.2) is 4.79 Å². The second-order valence-electron chi connectivity index (χ2n) is 6.10. The van der Waals surface area contributed by atoms with Gasteiger partial charge < -0.3 is 9.64 Å². The standard InChI is InChI=1S/C18H21N3O3/c1-21(13-6-3-2-4-7-13)16(22)12-24-18(23)14-8-5-9-15-17(14)20-11-10-19-15/h5,8-11,13H,2-4,6-7,12H2,1H3. The van der Waals surface area contributed by atoms with E-state index in [0.29, 0.717) is 16.6 Å². The van der Waals surface area contributed by atoms with Gasteiger partial charge in [0.05, 0.1) is 11.1 Å². The third kappa shape index (κ3) is 3.53. The molecule has 1 saturated carbocycles. The fourth-order valence-electron chi connectivity index (χ4n) is 3.14. The molecule has 1 aliphatic rings. The van der Waals surface area contributed by atoms with Gasteiger partial charge in [-0.2, -0.15) is 0 Å². The van der Waals surface area contributed by atoms with E-state index in [1.165, 1.54) is 12.6 Å². The molecule has 0 spiro atoms. The third-order valence-electron chi connectivity index (χ3n) is 4.56. The first-order valence-corrected chi connectivity index (χ1v) is 8.29. The van der Waals surface area contributed by atoms with E-state index in [-0.39, 0.29) is 18.6 Å². The van der Waals surface area contributed by atoms with Crippen molar-refractivity contribution in [2.75, 3.05) is 13.7 Å². The van der Waals surface area contributed by atoms with Gasteiger partial charge in [0.1, 0.15) is 5.52 Å². The van der Waals surface area contributed by atoms with Gasteiger partial charge in [0, 0.05) is 25.5 Å². The van der Waals surface area contributed by atoms with Crippen LogP contribution in [-0.2, 0) is 9.53 Å². The van der Waals surface area contributed by atoms with Crippen LogP contribution in [0, 0.1) is 0 Å². The molecular weight excluding hydrogens is 306 g/mol. The lowest BCUT2D eigenvalue weighted by molar-refractivity contribution is -0.135. The predicted molar refractivity (Wildman–Crippen MR) is 89.5 cm³/mol. The van der Waals surface area contributed by atoms with Crippen LogP contribution in [0.15, 0.2) is 30.6 Å². The van der Waals surface area contributed by atoms with E-state index in [1.54, 1.807) is 36.3 Å². The number of ether oxygens (including phenoxy) is 1. The highest BCUT2D eigenvalue weighted by Gasteiger charge is 2.23. The molecule has 0 aliphatic heterocycles. The van der Waals surface area contributed by atoms with E-state index in [2.05, 4.69) is 9.97 Å². The van der Waals surface area contributed by atoms with Crippen molar-refractivity contribution < 1.29 is 14.3 Å². The molecule has 0 atom stereocenters. The highest BCUT2D eigenvalue weighted by molar-refractivity contribution is 6.02. The fraction of sp³-hybridized carbons (Fsp3) is 0.444. The molecule has 0 saturated heterocycles. The van der Waals surface area contributed by atoms with Crippen LogP contribution in [-0.4, -0.2) is 46.4 Å². The van der Waals surface area contributed by atoms with Crippen molar-refractivity contribution in [2.24, 2.45) is 0 Å². The lowest BCUT2D eigenvalue weighted by atomic mass is 9.94. The molecule has 1 amide bonds. The Bertz CT molecular complexity index is 736. The maximum Gasteiger partial charge on any atom is 0.340 e. The summed E-state index contributed by atoms with van der Waals surface area (Å²) in [4.78, 5) is 34.6. The molecule has 6 heteroatoms. The Balaban J connectivity index is 1.63. The zero-order chi connectivity index (χ0) is 16.9. The molecule has 1 aliphatic carbocycles. The summed E-state index contributed by atoms with van der Waals surface area (Å²) >= 11 is 0. The number of carbonyl (C=O) groups is 2. The van der Waals surface area contributed by atoms with Gasteiger partial charge in [0.25, 0.3) is 5.91 Å². The van der Waals surface area contributed by atoms with Gasteiger partial charge in [0.15, 0.2) is 6.61 Å². The van der Waals surface area contributed by atoms with Crippen LogP contribution < -0.4 is 0 Å². The van der Waals surface area contributed by atoms with E-state index < -0.39 is 5.97 Å². The monoisotopic (exact) mass is 327 g/mol. The zero-order valence-electron chi connectivity index (χ0n) is 13.8. The second-order valence-corrected chi connectivity index (χ2v) is 6.10. The predicted octanol–water partition coefficient (Wildman–Crippen LogP) is 2.58. The quantitative estimate of drug-likeness (QED) is 0.807. The maximum absolute atomic E-state index is 12.3. The summed E-state index contributed by atoms with van der Waals surface area (Å²) in [5.74, 6) is -0.715. The van der Waals surface area contributed by atoms with Crippen molar-refractivity contribution in [1.82, 2.24) is 14.9 Å². The van der Waals surface area contributed by atoms with Crippen LogP contribution in [0.4, 0.5) is 0 Å². The number of hydrogen-bond donors (Lipinski definition) is 0. The van der Waals surface area contributed by atoms with Crippen LogP contribution in [0.5, 0.6) is 0 Å². The number of rotatable bonds is 4. The first kappa shape index (κ1) is 16.4. The van der Waals surface area contributed by atoms with E-state index in [0.717, 1.165) is 25.7 Å². The van der Waals surface area contributed by atoms with Crippen molar-refractivity contribution in [1.29, 1.82) is 0 Å². The molecule has 0 radical (unpaired) electrons. The van der Waals surface area contributed by atoms with Gasteiger partial charge in [-0.15, -0.1) is 0 Å². The normalized spacial score (nSPS) is 15.2. The molecule has 0 bridgehead atoms. The number of likely N-dealkylation sites (N-methyl/N-ethyl adjacent to an activating group) is 1. The first-order valence-electron chi connectivity index (χ1n) is 8.29. The molecule has 24 heavy (non-hydrogen) atoms. The summed E-state index contributed by atoms with van der Waals surface area (Å²) < 4.78 is 5.21. The average molecular weight is 327 g/mol. The summed E-state index contributed by atoms with van der Waals surface area (Å²) in [6, 6.07) is 5.40. The molecule has 0 unspecified atom stereocenters. The Morgan fingerprint density at radius 3 is 2.71 bits per heavy atom. The second kappa shape index (κ2) is 7.38. The lowest BCUT2D eigenvalue weighted by Crippen LogP contribution is -2.40. The summed E-state index contributed by atoms with van der Waals surface area (Å²) in [7, 11) is 1.79. The smallest absolute Gasteiger partial charge is 0.340 e. The molecule has 1 aromatic carbocycles. The van der Waals surface area contributed by atoms with Gasteiger partial charge >= 0.3 is 5.97 Å². The van der Waals surface area contributed by atoms with Crippen molar-refractivity contribution in [3.8, 4) is 0 Å². The highest BCUT2D eigenvalue weighted by atomic mass is 16.5. The number of benzene rings is 1. The Morgan fingerprint density at radius 1 is 1.17 bits per heavy atom. The number of hydrogen-bond acceptors (Lipinski definition) is 5. The Morgan fingerprint density at radius 2 is 1.92 bits per heavy atom. The van der Waals surface area contributed by atoms with Gasteiger partial charge in [-0.05, 0) is 25.0 Å². The van der Waals surface area contributed by atoms with Crippen LogP contribution in [0.25, 0.3) is 11.0 Å². The number of aromatic nitrogens is 2. The molecule has 126 valence electrons. The van der Waals surface area contributed by atoms with Gasteiger partial charge in [0.2, 0.25) is 0 Å². The van der Waals surface area contributed by atoms with Crippen molar-refractivity contribution in [2.45, 2.75) is 38.1 Å². The van der Waals surface area contributed by atoms with Gasteiger partial charge in [-0.3, -0.25) is 14.8 Å². The highest BCUT2D eigenvalue weighted by Crippen LogP contribution is 2.21. The summed E-state index contributed by atoms with van der Waals surface area (Å²) in [6.45, 7) is -0.248. The van der Waals surface area contributed by atoms with E-state index in [1.807, 2.05) is 0 Å². The number of fused-ring (bicyclic) bond motifs is 1. The number of nitrogens with zero attached hydrogens (tertiary/aromatic N) is 3. The fourth-order valence-corrected chi connectivity index (χ4v) is 3.14. The van der Waals surface area contributed by atoms with Crippen molar-refractivity contribution in [3.63, 3.8) is 0 Å². The lowest BCUT2D eigenvalue weighted by Gasteiger charge is -2.31. The Labute approximate surface area is 140 Å². The van der Waals surface area contributed by atoms with Crippen LogP contribution >= 0.6 is 0 Å². The van der Waals surface area contributed by atoms with E-state index in [9.17, 15) is 9.59 Å². The van der Waals surface area contributed by atoms with Gasteiger partial charge in [-0.1, -0.05) is 25.3 Å². The summed E-state index contributed by atoms with van der Waals surface area (Å²) in [5.41, 5.74) is 1.43. The maximum atomic E-state index is 12.3. The zero-order valence-corrected chi connectivity index (χ0v) is 13.8. The summed E-state index contributed by atoms with van der Waals surface area (Å²) in [5, 5.41) is 0. The number of amides is 1. The SMILES string of the molecule is CN(C(=O)COC(=O)c1cccc2nccnc12)C1CCCCC1. The molecule has 1 aromatic heterocycles. The number of carbonyl (C=O) groups excluding carboxylic acids is 2. The number of esters is 1. The molecule has 6 nitrogen and oxygen atoms in total. The molecule has 1 heterocycles. The van der Waals surface area contributed by atoms with E-state index >= 15 is 0 Å².